The third-order valence-corrected chi connectivity index (χ3v) is 3.63. The lowest BCUT2D eigenvalue weighted by atomic mass is 10.2. The van der Waals surface area contributed by atoms with Crippen molar-refractivity contribution in [2.75, 3.05) is 18.7 Å². The minimum absolute atomic E-state index is 0.0605. The van der Waals surface area contributed by atoms with Crippen LogP contribution < -0.4 is 0 Å². The molecule has 0 saturated carbocycles. The lowest BCUT2D eigenvalue weighted by Crippen LogP contribution is -2.47. The Balaban J connectivity index is 3.03. The number of esters is 1. The molecule has 98 valence electrons. The van der Waals surface area contributed by atoms with Crippen LogP contribution in [0.25, 0.3) is 5.53 Å². The molecule has 18 heavy (non-hydrogen) atoms. The van der Waals surface area contributed by atoms with Crippen molar-refractivity contribution in [1.82, 2.24) is 4.90 Å². The molecule has 0 aromatic heterocycles. The van der Waals surface area contributed by atoms with Crippen molar-refractivity contribution in [3.63, 3.8) is 0 Å². The Morgan fingerprint density at radius 3 is 2.50 bits per heavy atom. The van der Waals surface area contributed by atoms with E-state index >= 15 is 0 Å². The maximum absolute atomic E-state index is 11.9. The number of rotatable bonds is 3. The molecule has 1 fully saturated rings. The second-order valence-corrected chi connectivity index (χ2v) is 5.03. The number of Topliss-reactive ketones (excluding diaryl/α,β-unsaturated/α-hetero) is 1. The molecule has 0 aliphatic carbocycles. The smallest absolute Gasteiger partial charge is 0.421 e. The van der Waals surface area contributed by atoms with E-state index in [0.717, 1.165) is 18.9 Å². The van der Waals surface area contributed by atoms with E-state index in [1.54, 1.807) is 0 Å². The Bertz CT molecular complexity index is 483. The summed E-state index contributed by atoms with van der Waals surface area (Å²) in [6.07, 6.45) is 0. The Morgan fingerprint density at radius 1 is 1.44 bits per heavy atom. The minimum atomic E-state index is -1.40. The lowest BCUT2D eigenvalue weighted by molar-refractivity contribution is -0.149. The molecule has 1 rings (SSSR count). The van der Waals surface area contributed by atoms with Gasteiger partial charge in [-0.15, -0.1) is 0 Å². The molecule has 0 spiro atoms. The quantitative estimate of drug-likeness (QED) is 0.200. The third kappa shape index (κ3) is 2.69. The van der Waals surface area contributed by atoms with E-state index in [1.165, 1.54) is 0 Å². The number of hydrogen-bond donors (Lipinski definition) is 0. The van der Waals surface area contributed by atoms with E-state index in [1.807, 2.05) is 0 Å². The topological polar surface area (TPSA) is 117 Å². The molecule has 9 heteroatoms. The molecule has 0 bridgehead atoms. The van der Waals surface area contributed by atoms with Gasteiger partial charge in [0.25, 0.3) is 0 Å². The number of carbonyl (C=O) groups is 3. The molecule has 1 aliphatic heterocycles. The molecule has 0 aromatic rings. The maximum Gasteiger partial charge on any atom is 0.421 e. The van der Waals surface area contributed by atoms with Gasteiger partial charge in [0.05, 0.1) is 18.7 Å². The van der Waals surface area contributed by atoms with Crippen molar-refractivity contribution in [1.29, 1.82) is 0 Å². The normalized spacial score (nSPS) is 22.2. The summed E-state index contributed by atoms with van der Waals surface area (Å²) in [5.41, 5.74) is 7.90. The summed E-state index contributed by atoms with van der Waals surface area (Å²) in [4.78, 5) is 37.9. The molecule has 1 amide bonds. The standard InChI is InChI=1S/C9H11N3O5S/c1-5(13)7(11-10)8(14)12-4-18(16)3-6(12)9(15)17-2/h6H,3-4H2,1-2H3/t6-,18?/m0/s1. The predicted molar refractivity (Wildman–Crippen MR) is 59.8 cm³/mol. The highest BCUT2D eigenvalue weighted by molar-refractivity contribution is 7.85. The van der Waals surface area contributed by atoms with Crippen LogP contribution in [0.3, 0.4) is 0 Å². The SMILES string of the molecule is COC(=O)[C@@H]1CS(=O)CN1C(=O)C(=[N+]=[N-])C(C)=O. The molecular weight excluding hydrogens is 262 g/mol. The van der Waals surface area contributed by atoms with E-state index in [2.05, 4.69) is 9.53 Å². The van der Waals surface area contributed by atoms with Crippen molar-refractivity contribution in [2.45, 2.75) is 13.0 Å². The summed E-state index contributed by atoms with van der Waals surface area (Å²) in [6, 6.07) is -1.03. The van der Waals surface area contributed by atoms with Crippen molar-refractivity contribution >= 4 is 34.2 Å². The van der Waals surface area contributed by atoms with Crippen LogP contribution in [0.15, 0.2) is 0 Å². The minimum Gasteiger partial charge on any atom is -0.467 e. The lowest BCUT2D eigenvalue weighted by Gasteiger charge is -2.18. The van der Waals surface area contributed by atoms with Crippen LogP contribution >= 0.6 is 0 Å². The summed E-state index contributed by atoms with van der Waals surface area (Å²) < 4.78 is 15.9. The van der Waals surface area contributed by atoms with Gasteiger partial charge in [-0.2, -0.15) is 4.79 Å². The fourth-order valence-electron chi connectivity index (χ4n) is 1.50. The molecule has 1 unspecified atom stereocenters. The zero-order valence-corrected chi connectivity index (χ0v) is 10.6. The van der Waals surface area contributed by atoms with Crippen LogP contribution in [0.5, 0.6) is 0 Å². The van der Waals surface area contributed by atoms with Crippen LogP contribution in [-0.4, -0.2) is 62.1 Å². The average molecular weight is 273 g/mol. The van der Waals surface area contributed by atoms with Gasteiger partial charge in [-0.1, -0.05) is 0 Å². The number of hydrogen-bond acceptors (Lipinski definition) is 5. The first-order chi connectivity index (χ1) is 8.42. The number of methoxy groups -OCH3 is 1. The van der Waals surface area contributed by atoms with Crippen LogP contribution in [0.2, 0.25) is 0 Å². The van der Waals surface area contributed by atoms with Gasteiger partial charge in [0.1, 0.15) is 6.04 Å². The number of amides is 1. The summed E-state index contributed by atoms with van der Waals surface area (Å²) in [7, 11) is -0.264. The van der Waals surface area contributed by atoms with Crippen LogP contribution in [0.4, 0.5) is 0 Å². The molecule has 2 atom stereocenters. The Morgan fingerprint density at radius 2 is 2.06 bits per heavy atom. The zero-order valence-electron chi connectivity index (χ0n) is 9.78. The van der Waals surface area contributed by atoms with Gasteiger partial charge in [0, 0.05) is 17.7 Å². The van der Waals surface area contributed by atoms with E-state index in [4.69, 9.17) is 5.53 Å². The van der Waals surface area contributed by atoms with Gasteiger partial charge in [-0.25, -0.2) is 4.79 Å². The summed E-state index contributed by atoms with van der Waals surface area (Å²) in [6.45, 7) is 1.05. The highest BCUT2D eigenvalue weighted by atomic mass is 32.2. The van der Waals surface area contributed by atoms with Gasteiger partial charge in [-0.05, 0) is 0 Å². The van der Waals surface area contributed by atoms with Crippen molar-refractivity contribution in [3.05, 3.63) is 5.53 Å². The largest absolute Gasteiger partial charge is 0.467 e. The second-order valence-electron chi connectivity index (χ2n) is 3.55. The summed E-state index contributed by atoms with van der Waals surface area (Å²) in [5.74, 6) is -2.68. The van der Waals surface area contributed by atoms with Crippen molar-refractivity contribution in [2.24, 2.45) is 0 Å². The number of carbonyl (C=O) groups excluding carboxylic acids is 3. The van der Waals surface area contributed by atoms with Crippen molar-refractivity contribution < 1.29 is 28.1 Å². The second kappa shape index (κ2) is 5.65. The van der Waals surface area contributed by atoms with E-state index in [9.17, 15) is 18.6 Å². The molecule has 0 radical (unpaired) electrons. The van der Waals surface area contributed by atoms with Crippen molar-refractivity contribution in [3.8, 4) is 0 Å². The monoisotopic (exact) mass is 273 g/mol. The fourth-order valence-corrected chi connectivity index (χ4v) is 2.88. The van der Waals surface area contributed by atoms with E-state index < -0.39 is 40.2 Å². The predicted octanol–water partition coefficient (Wildman–Crippen LogP) is -1.66. The van der Waals surface area contributed by atoms with Gasteiger partial charge in [0.2, 0.25) is 5.78 Å². The van der Waals surface area contributed by atoms with E-state index in [-0.39, 0.29) is 11.6 Å². The van der Waals surface area contributed by atoms with Gasteiger partial charge >= 0.3 is 17.6 Å². The van der Waals surface area contributed by atoms with Crippen LogP contribution in [0.1, 0.15) is 6.92 Å². The highest BCUT2D eigenvalue weighted by Gasteiger charge is 2.44. The molecule has 1 heterocycles. The van der Waals surface area contributed by atoms with Gasteiger partial charge in [-0.3, -0.25) is 13.8 Å². The first-order valence-electron chi connectivity index (χ1n) is 4.89. The fraction of sp³-hybridized carbons (Fsp3) is 0.556. The van der Waals surface area contributed by atoms with Crippen LogP contribution in [0, 0.1) is 0 Å². The Kier molecular flexibility index (Phi) is 4.46. The average Bonchev–Trinajstić information content (AvgIpc) is 2.70. The number of ketones is 1. The van der Waals surface area contributed by atoms with Gasteiger partial charge in [0.15, 0.2) is 0 Å². The Labute approximate surface area is 105 Å². The molecule has 8 nitrogen and oxygen atoms in total. The van der Waals surface area contributed by atoms with Gasteiger partial charge < -0.3 is 15.2 Å². The highest BCUT2D eigenvalue weighted by Crippen LogP contribution is 2.14. The maximum atomic E-state index is 11.9. The number of nitrogens with zero attached hydrogens (tertiary/aromatic N) is 3. The molecular formula is C9H11N3O5S. The molecule has 0 N–H and O–H groups in total. The summed E-state index contributed by atoms with van der Waals surface area (Å²) >= 11 is 0. The summed E-state index contributed by atoms with van der Waals surface area (Å²) in [5, 5.41) is 0. The first kappa shape index (κ1) is 14.2. The number of ether oxygens (including phenoxy) is 1. The van der Waals surface area contributed by atoms with Crippen LogP contribution in [-0.2, 0) is 29.9 Å². The van der Waals surface area contributed by atoms with E-state index in [0.29, 0.717) is 0 Å². The Hall–Kier alpha value is -1.86. The molecule has 1 saturated heterocycles. The molecule has 0 aromatic carbocycles. The zero-order chi connectivity index (χ0) is 13.9. The molecule has 1 aliphatic rings. The first-order valence-corrected chi connectivity index (χ1v) is 6.38. The third-order valence-electron chi connectivity index (χ3n) is 2.37.